The fourth-order valence-corrected chi connectivity index (χ4v) is 2.84. The van der Waals surface area contributed by atoms with E-state index in [1.165, 1.54) is 24.3 Å². The second-order valence-electron chi connectivity index (χ2n) is 3.11. The van der Waals surface area contributed by atoms with Crippen LogP contribution in [0.3, 0.4) is 0 Å². The fraction of sp³-hybridized carbons (Fsp3) is 1.00. The molecule has 2 fully saturated rings. The minimum atomic E-state index is 0.908. The third kappa shape index (κ3) is 0.771. The van der Waals surface area contributed by atoms with Gasteiger partial charge in [0.25, 0.3) is 0 Å². The van der Waals surface area contributed by atoms with Gasteiger partial charge in [0.15, 0.2) is 0 Å². The molecule has 1 heteroatoms. The van der Waals surface area contributed by atoms with Crippen LogP contribution in [0.25, 0.3) is 0 Å². The molecule has 1 aliphatic carbocycles. The van der Waals surface area contributed by atoms with E-state index in [9.17, 15) is 0 Å². The van der Waals surface area contributed by atoms with Crippen LogP contribution in [0.15, 0.2) is 0 Å². The van der Waals surface area contributed by atoms with Gasteiger partial charge in [-0.1, -0.05) is 0 Å². The van der Waals surface area contributed by atoms with Gasteiger partial charge in [0.05, 0.1) is 0 Å². The predicted octanol–water partition coefficient (Wildman–Crippen LogP) is 2.29. The summed E-state index contributed by atoms with van der Waals surface area (Å²) in [5, 5.41) is 0. The van der Waals surface area contributed by atoms with Crippen molar-refractivity contribution in [2.45, 2.75) is 25.7 Å². The molecule has 1 saturated heterocycles. The normalized spacial score (nSPS) is 33.0. The quantitative estimate of drug-likeness (QED) is 0.482. The molecule has 2 aliphatic rings. The SMILES string of the molecule is C1CC2(CCS1)CC2. The zero-order valence-corrected chi connectivity index (χ0v) is 5.97. The van der Waals surface area contributed by atoms with E-state index in [1.807, 2.05) is 0 Å². The molecular weight excluding hydrogens is 116 g/mol. The Kier molecular flexibility index (Phi) is 1.07. The monoisotopic (exact) mass is 128 g/mol. The van der Waals surface area contributed by atoms with Crippen molar-refractivity contribution in [2.75, 3.05) is 11.5 Å². The Morgan fingerprint density at radius 3 is 1.88 bits per heavy atom. The van der Waals surface area contributed by atoms with Crippen molar-refractivity contribution < 1.29 is 0 Å². The van der Waals surface area contributed by atoms with Gasteiger partial charge in [0.2, 0.25) is 0 Å². The van der Waals surface area contributed by atoms with Crippen LogP contribution in [0.5, 0.6) is 0 Å². The minimum Gasteiger partial charge on any atom is -0.162 e. The summed E-state index contributed by atoms with van der Waals surface area (Å²) in [7, 11) is 0. The van der Waals surface area contributed by atoms with Gasteiger partial charge in [-0.3, -0.25) is 0 Å². The average Bonchev–Trinajstić information content (AvgIpc) is 2.52. The summed E-state index contributed by atoms with van der Waals surface area (Å²) >= 11 is 2.14. The first-order valence-electron chi connectivity index (χ1n) is 3.49. The highest BCUT2D eigenvalue weighted by Crippen LogP contribution is 2.54. The second kappa shape index (κ2) is 1.66. The molecule has 0 amide bonds. The molecule has 0 atom stereocenters. The van der Waals surface area contributed by atoms with Gasteiger partial charge in [-0.25, -0.2) is 0 Å². The molecule has 0 aromatic heterocycles. The molecule has 0 nitrogen and oxygen atoms in total. The van der Waals surface area contributed by atoms with Crippen LogP contribution in [0.1, 0.15) is 25.7 Å². The van der Waals surface area contributed by atoms with Crippen molar-refractivity contribution in [1.29, 1.82) is 0 Å². The minimum absolute atomic E-state index is 0.908. The maximum Gasteiger partial charge on any atom is -0.00622 e. The Balaban J connectivity index is 1.95. The molecule has 1 spiro atoms. The van der Waals surface area contributed by atoms with Gasteiger partial charge < -0.3 is 0 Å². The molecule has 0 N–H and O–H groups in total. The lowest BCUT2D eigenvalue weighted by Gasteiger charge is -2.19. The third-order valence-corrected chi connectivity index (χ3v) is 3.50. The Hall–Kier alpha value is 0.350. The number of thioether (sulfide) groups is 1. The highest BCUT2D eigenvalue weighted by molar-refractivity contribution is 7.99. The van der Waals surface area contributed by atoms with Crippen LogP contribution < -0.4 is 0 Å². The molecule has 1 heterocycles. The van der Waals surface area contributed by atoms with Crippen LogP contribution in [-0.4, -0.2) is 11.5 Å². The zero-order chi connectivity index (χ0) is 5.45. The highest BCUT2D eigenvalue weighted by atomic mass is 32.2. The Morgan fingerprint density at radius 2 is 1.50 bits per heavy atom. The molecule has 1 saturated carbocycles. The standard InChI is InChI=1S/C7H12S/c1-2-7(1)3-5-8-6-4-7/h1-6H2. The number of hydrogen-bond donors (Lipinski definition) is 0. The van der Waals surface area contributed by atoms with E-state index >= 15 is 0 Å². The van der Waals surface area contributed by atoms with E-state index in [2.05, 4.69) is 11.8 Å². The van der Waals surface area contributed by atoms with Crippen molar-refractivity contribution in [3.05, 3.63) is 0 Å². The van der Waals surface area contributed by atoms with E-state index in [4.69, 9.17) is 0 Å². The largest absolute Gasteiger partial charge is 0.162 e. The van der Waals surface area contributed by atoms with E-state index in [1.54, 1.807) is 12.8 Å². The first-order valence-corrected chi connectivity index (χ1v) is 4.65. The molecule has 0 radical (unpaired) electrons. The lowest BCUT2D eigenvalue weighted by molar-refractivity contribution is 0.471. The molecule has 0 aromatic carbocycles. The molecule has 0 bridgehead atoms. The predicted molar refractivity (Wildman–Crippen MR) is 38.2 cm³/mol. The molecular formula is C7H12S. The van der Waals surface area contributed by atoms with Crippen LogP contribution >= 0.6 is 11.8 Å². The van der Waals surface area contributed by atoms with E-state index in [0.717, 1.165) is 5.41 Å². The van der Waals surface area contributed by atoms with Crippen molar-refractivity contribution in [3.63, 3.8) is 0 Å². The van der Waals surface area contributed by atoms with Crippen molar-refractivity contribution >= 4 is 11.8 Å². The second-order valence-corrected chi connectivity index (χ2v) is 4.34. The van der Waals surface area contributed by atoms with Gasteiger partial charge in [-0.15, -0.1) is 0 Å². The number of rotatable bonds is 0. The van der Waals surface area contributed by atoms with Gasteiger partial charge >= 0.3 is 0 Å². The van der Waals surface area contributed by atoms with E-state index in [0.29, 0.717) is 0 Å². The Morgan fingerprint density at radius 1 is 0.875 bits per heavy atom. The third-order valence-electron chi connectivity index (χ3n) is 2.51. The molecule has 2 rings (SSSR count). The van der Waals surface area contributed by atoms with Gasteiger partial charge in [0, 0.05) is 0 Å². The molecule has 1 aliphatic heterocycles. The van der Waals surface area contributed by atoms with Gasteiger partial charge in [-0.2, -0.15) is 11.8 Å². The fourth-order valence-electron chi connectivity index (χ4n) is 1.48. The van der Waals surface area contributed by atoms with Crippen LogP contribution in [0, 0.1) is 5.41 Å². The maximum atomic E-state index is 2.14. The van der Waals surface area contributed by atoms with E-state index < -0.39 is 0 Å². The van der Waals surface area contributed by atoms with Crippen LogP contribution in [-0.2, 0) is 0 Å². The highest BCUT2D eigenvalue weighted by Gasteiger charge is 2.42. The lowest BCUT2D eigenvalue weighted by Crippen LogP contribution is -2.09. The average molecular weight is 128 g/mol. The van der Waals surface area contributed by atoms with Crippen molar-refractivity contribution in [3.8, 4) is 0 Å². The molecule has 46 valence electrons. The summed E-state index contributed by atoms with van der Waals surface area (Å²) in [6.45, 7) is 0. The topological polar surface area (TPSA) is 0 Å². The van der Waals surface area contributed by atoms with Crippen LogP contribution in [0.2, 0.25) is 0 Å². The van der Waals surface area contributed by atoms with Crippen molar-refractivity contribution in [1.82, 2.24) is 0 Å². The number of hydrogen-bond acceptors (Lipinski definition) is 1. The summed E-state index contributed by atoms with van der Waals surface area (Å²) < 4.78 is 0. The van der Waals surface area contributed by atoms with Crippen molar-refractivity contribution in [2.24, 2.45) is 5.41 Å². The Bertz CT molecular complexity index is 86.6. The van der Waals surface area contributed by atoms with Crippen LogP contribution in [0.4, 0.5) is 0 Å². The molecule has 0 unspecified atom stereocenters. The van der Waals surface area contributed by atoms with E-state index in [-0.39, 0.29) is 0 Å². The summed E-state index contributed by atoms with van der Waals surface area (Å²) in [5.74, 6) is 2.89. The lowest BCUT2D eigenvalue weighted by atomic mass is 10.0. The van der Waals surface area contributed by atoms with Gasteiger partial charge in [-0.05, 0) is 42.6 Å². The molecule has 0 aromatic rings. The first-order chi connectivity index (χ1) is 3.91. The summed E-state index contributed by atoms with van der Waals surface area (Å²) in [4.78, 5) is 0. The zero-order valence-electron chi connectivity index (χ0n) is 5.15. The van der Waals surface area contributed by atoms with Gasteiger partial charge in [0.1, 0.15) is 0 Å². The summed E-state index contributed by atoms with van der Waals surface area (Å²) in [6, 6.07) is 0. The smallest absolute Gasteiger partial charge is 0.00622 e. The maximum absolute atomic E-state index is 2.14. The Labute approximate surface area is 55.0 Å². The summed E-state index contributed by atoms with van der Waals surface area (Å²) in [5.41, 5.74) is 0.908. The summed E-state index contributed by atoms with van der Waals surface area (Å²) in [6.07, 6.45) is 6.15. The molecule has 8 heavy (non-hydrogen) atoms. The first kappa shape index (κ1) is 5.16.